The Morgan fingerprint density at radius 3 is 2.87 bits per heavy atom. The zero-order valence-corrected chi connectivity index (χ0v) is 9.37. The standard InChI is InChI=1S/C11H14ClFN2/c1-7-8(2-3-9(13)11(7)12)10-6-14-4-5-15-10/h2-3,10,14-15H,4-6H2,1H3. The molecule has 82 valence electrons. The molecule has 0 amide bonds. The third-order valence-corrected chi connectivity index (χ3v) is 3.26. The van der Waals surface area contributed by atoms with Crippen molar-refractivity contribution in [1.82, 2.24) is 10.6 Å². The number of hydrogen-bond donors (Lipinski definition) is 2. The highest BCUT2D eigenvalue weighted by molar-refractivity contribution is 6.31. The van der Waals surface area contributed by atoms with E-state index in [4.69, 9.17) is 11.6 Å². The maximum Gasteiger partial charge on any atom is 0.142 e. The second-order valence-electron chi connectivity index (χ2n) is 3.79. The summed E-state index contributed by atoms with van der Waals surface area (Å²) in [6, 6.07) is 3.47. The van der Waals surface area contributed by atoms with E-state index in [0.717, 1.165) is 30.8 Å². The van der Waals surface area contributed by atoms with Gasteiger partial charge in [-0.05, 0) is 24.1 Å². The third-order valence-electron chi connectivity index (χ3n) is 2.80. The lowest BCUT2D eigenvalue weighted by Crippen LogP contribution is -2.42. The topological polar surface area (TPSA) is 24.1 Å². The second-order valence-corrected chi connectivity index (χ2v) is 4.16. The van der Waals surface area contributed by atoms with E-state index in [1.165, 1.54) is 6.07 Å². The number of halogens is 2. The van der Waals surface area contributed by atoms with Crippen LogP contribution in [0.5, 0.6) is 0 Å². The highest BCUT2D eigenvalue weighted by atomic mass is 35.5. The summed E-state index contributed by atoms with van der Waals surface area (Å²) < 4.78 is 13.2. The van der Waals surface area contributed by atoms with Crippen LogP contribution in [0.3, 0.4) is 0 Å². The molecule has 1 aromatic rings. The monoisotopic (exact) mass is 228 g/mol. The van der Waals surface area contributed by atoms with Crippen LogP contribution in [0, 0.1) is 12.7 Å². The van der Waals surface area contributed by atoms with Crippen molar-refractivity contribution in [2.45, 2.75) is 13.0 Å². The Hall–Kier alpha value is -0.640. The fourth-order valence-corrected chi connectivity index (χ4v) is 2.09. The van der Waals surface area contributed by atoms with Gasteiger partial charge >= 0.3 is 0 Å². The van der Waals surface area contributed by atoms with Crippen LogP contribution in [0.4, 0.5) is 4.39 Å². The van der Waals surface area contributed by atoms with Crippen LogP contribution < -0.4 is 10.6 Å². The Kier molecular flexibility index (Phi) is 3.24. The summed E-state index contributed by atoms with van der Waals surface area (Å²) in [5, 5.41) is 6.91. The van der Waals surface area contributed by atoms with Crippen molar-refractivity contribution in [2.24, 2.45) is 0 Å². The van der Waals surface area contributed by atoms with Gasteiger partial charge in [-0.25, -0.2) is 4.39 Å². The fourth-order valence-electron chi connectivity index (χ4n) is 1.92. The van der Waals surface area contributed by atoms with E-state index in [9.17, 15) is 4.39 Å². The molecule has 1 aromatic carbocycles. The Morgan fingerprint density at radius 2 is 2.20 bits per heavy atom. The molecule has 15 heavy (non-hydrogen) atoms. The molecule has 1 aliphatic rings. The fraction of sp³-hybridized carbons (Fsp3) is 0.455. The largest absolute Gasteiger partial charge is 0.314 e. The maximum atomic E-state index is 13.2. The van der Waals surface area contributed by atoms with Gasteiger partial charge in [-0.2, -0.15) is 0 Å². The minimum atomic E-state index is -0.346. The van der Waals surface area contributed by atoms with Crippen molar-refractivity contribution < 1.29 is 4.39 Å². The first-order valence-corrected chi connectivity index (χ1v) is 5.46. The average molecular weight is 229 g/mol. The highest BCUT2D eigenvalue weighted by Crippen LogP contribution is 2.27. The number of benzene rings is 1. The zero-order chi connectivity index (χ0) is 10.8. The first kappa shape index (κ1) is 10.9. The lowest BCUT2D eigenvalue weighted by molar-refractivity contribution is 0.428. The molecule has 0 radical (unpaired) electrons. The minimum Gasteiger partial charge on any atom is -0.314 e. The molecule has 0 aromatic heterocycles. The summed E-state index contributed by atoms with van der Waals surface area (Å²) in [6.45, 7) is 4.63. The molecule has 1 unspecified atom stereocenters. The van der Waals surface area contributed by atoms with Crippen molar-refractivity contribution in [3.05, 3.63) is 34.1 Å². The first-order valence-electron chi connectivity index (χ1n) is 5.08. The molecule has 1 fully saturated rings. The van der Waals surface area contributed by atoms with Crippen LogP contribution in [0.15, 0.2) is 12.1 Å². The van der Waals surface area contributed by atoms with Crippen molar-refractivity contribution in [3.63, 3.8) is 0 Å². The molecular formula is C11H14ClFN2. The molecular weight excluding hydrogens is 215 g/mol. The van der Waals surface area contributed by atoms with Gasteiger partial charge in [0.2, 0.25) is 0 Å². The lowest BCUT2D eigenvalue weighted by atomic mass is 10.00. The second kappa shape index (κ2) is 4.47. The van der Waals surface area contributed by atoms with Crippen molar-refractivity contribution >= 4 is 11.6 Å². The number of hydrogen-bond acceptors (Lipinski definition) is 2. The van der Waals surface area contributed by atoms with Crippen LogP contribution in [0.2, 0.25) is 5.02 Å². The molecule has 4 heteroatoms. The number of rotatable bonds is 1. The van der Waals surface area contributed by atoms with E-state index in [2.05, 4.69) is 10.6 Å². The molecule has 1 saturated heterocycles. The Bertz CT molecular complexity index is 362. The van der Waals surface area contributed by atoms with Crippen LogP contribution in [0.25, 0.3) is 0 Å². The predicted molar refractivity (Wildman–Crippen MR) is 59.8 cm³/mol. The van der Waals surface area contributed by atoms with Crippen LogP contribution >= 0.6 is 11.6 Å². The Labute approximate surface area is 93.8 Å². The summed E-state index contributed by atoms with van der Waals surface area (Å²) in [6.07, 6.45) is 0. The average Bonchev–Trinajstić information content (AvgIpc) is 2.27. The lowest BCUT2D eigenvalue weighted by Gasteiger charge is -2.26. The smallest absolute Gasteiger partial charge is 0.142 e. The van der Waals surface area contributed by atoms with Crippen molar-refractivity contribution in [2.75, 3.05) is 19.6 Å². The van der Waals surface area contributed by atoms with E-state index in [1.807, 2.05) is 6.92 Å². The summed E-state index contributed by atoms with van der Waals surface area (Å²) in [5.41, 5.74) is 1.91. The Balaban J connectivity index is 2.31. The van der Waals surface area contributed by atoms with Gasteiger partial charge < -0.3 is 10.6 Å². The van der Waals surface area contributed by atoms with Crippen molar-refractivity contribution in [1.29, 1.82) is 0 Å². The van der Waals surface area contributed by atoms with Gasteiger partial charge in [0.1, 0.15) is 5.82 Å². The Morgan fingerprint density at radius 1 is 1.40 bits per heavy atom. The maximum absolute atomic E-state index is 13.2. The molecule has 0 aliphatic carbocycles. The first-order chi connectivity index (χ1) is 7.20. The number of nitrogens with one attached hydrogen (secondary N) is 2. The van der Waals surface area contributed by atoms with Gasteiger partial charge in [0.25, 0.3) is 0 Å². The minimum absolute atomic E-state index is 0.233. The number of piperazine rings is 1. The third kappa shape index (κ3) is 2.14. The molecule has 1 atom stereocenters. The molecule has 1 heterocycles. The summed E-state index contributed by atoms with van der Waals surface area (Å²) >= 11 is 5.88. The molecule has 0 spiro atoms. The summed E-state index contributed by atoms with van der Waals surface area (Å²) in [5.74, 6) is -0.346. The van der Waals surface area contributed by atoms with Gasteiger partial charge in [0.05, 0.1) is 5.02 Å². The molecule has 2 rings (SSSR count). The van der Waals surface area contributed by atoms with Crippen LogP contribution in [-0.2, 0) is 0 Å². The quantitative estimate of drug-likeness (QED) is 0.769. The SMILES string of the molecule is Cc1c(C2CNCCN2)ccc(F)c1Cl. The molecule has 0 bridgehead atoms. The van der Waals surface area contributed by atoms with E-state index in [1.54, 1.807) is 6.07 Å². The van der Waals surface area contributed by atoms with E-state index in [0.29, 0.717) is 0 Å². The van der Waals surface area contributed by atoms with Gasteiger partial charge in [-0.15, -0.1) is 0 Å². The van der Waals surface area contributed by atoms with E-state index < -0.39 is 0 Å². The van der Waals surface area contributed by atoms with Gasteiger partial charge in [-0.1, -0.05) is 17.7 Å². The van der Waals surface area contributed by atoms with E-state index >= 15 is 0 Å². The summed E-state index contributed by atoms with van der Waals surface area (Å²) in [4.78, 5) is 0. The summed E-state index contributed by atoms with van der Waals surface area (Å²) in [7, 11) is 0. The highest BCUT2D eigenvalue weighted by Gasteiger charge is 2.18. The van der Waals surface area contributed by atoms with Crippen LogP contribution in [0.1, 0.15) is 17.2 Å². The van der Waals surface area contributed by atoms with Gasteiger partial charge in [-0.3, -0.25) is 0 Å². The normalized spacial score (nSPS) is 21.7. The molecule has 1 aliphatic heterocycles. The molecule has 0 saturated carbocycles. The molecule has 2 N–H and O–H groups in total. The zero-order valence-electron chi connectivity index (χ0n) is 8.61. The van der Waals surface area contributed by atoms with Crippen molar-refractivity contribution in [3.8, 4) is 0 Å². The van der Waals surface area contributed by atoms with E-state index in [-0.39, 0.29) is 16.9 Å². The molecule has 2 nitrogen and oxygen atoms in total. The van der Waals surface area contributed by atoms with Gasteiger partial charge in [0.15, 0.2) is 0 Å². The van der Waals surface area contributed by atoms with Gasteiger partial charge in [0, 0.05) is 25.7 Å². The van der Waals surface area contributed by atoms with Crippen LogP contribution in [-0.4, -0.2) is 19.6 Å². The predicted octanol–water partition coefficient (Wildman–Crippen LogP) is 2.02.